The van der Waals surface area contributed by atoms with Crippen molar-refractivity contribution in [3.8, 4) is 0 Å². The standard InChI is InChI=1S/C9H22NO2P/c1-4-7-10(8-5-2)13(11,12)9-6-3/h4-9H2,1-3H3,(H,11,12). The van der Waals surface area contributed by atoms with Crippen LogP contribution in [-0.4, -0.2) is 28.8 Å². The molecule has 0 aromatic heterocycles. The molecule has 13 heavy (non-hydrogen) atoms. The number of hydrogen-bond donors (Lipinski definition) is 1. The van der Waals surface area contributed by atoms with Gasteiger partial charge in [-0.15, -0.1) is 0 Å². The van der Waals surface area contributed by atoms with Gasteiger partial charge in [0.15, 0.2) is 0 Å². The molecule has 0 fully saturated rings. The van der Waals surface area contributed by atoms with Crippen molar-refractivity contribution in [3.63, 3.8) is 0 Å². The molecule has 0 saturated carbocycles. The number of hydrogen-bond acceptors (Lipinski definition) is 1. The van der Waals surface area contributed by atoms with E-state index in [1.807, 2.05) is 20.8 Å². The Kier molecular flexibility index (Phi) is 6.66. The molecule has 0 aliphatic carbocycles. The molecule has 1 atom stereocenters. The molecule has 1 unspecified atom stereocenters. The second-order valence-electron chi connectivity index (χ2n) is 3.34. The molecular weight excluding hydrogens is 185 g/mol. The van der Waals surface area contributed by atoms with Crippen molar-refractivity contribution in [1.29, 1.82) is 0 Å². The zero-order valence-corrected chi connectivity index (χ0v) is 9.89. The van der Waals surface area contributed by atoms with E-state index in [0.717, 1.165) is 32.4 Å². The molecule has 0 aromatic rings. The van der Waals surface area contributed by atoms with Crippen LogP contribution >= 0.6 is 7.52 Å². The average Bonchev–Trinajstić information content (AvgIpc) is 2.04. The maximum Gasteiger partial charge on any atom is 0.269 e. The molecule has 80 valence electrons. The number of nitrogens with zero attached hydrogens (tertiary/aromatic N) is 1. The van der Waals surface area contributed by atoms with E-state index in [1.165, 1.54) is 0 Å². The van der Waals surface area contributed by atoms with Crippen molar-refractivity contribution >= 4 is 7.52 Å². The van der Waals surface area contributed by atoms with Crippen molar-refractivity contribution in [3.05, 3.63) is 0 Å². The van der Waals surface area contributed by atoms with Gasteiger partial charge in [-0.25, -0.2) is 4.67 Å². The van der Waals surface area contributed by atoms with E-state index in [2.05, 4.69) is 0 Å². The van der Waals surface area contributed by atoms with Gasteiger partial charge in [-0.05, 0) is 19.3 Å². The zero-order valence-electron chi connectivity index (χ0n) is 8.99. The summed E-state index contributed by atoms with van der Waals surface area (Å²) < 4.78 is 13.5. The molecule has 1 N–H and O–H groups in total. The summed E-state index contributed by atoms with van der Waals surface area (Å²) in [5.74, 6) is 0. The van der Waals surface area contributed by atoms with E-state index in [-0.39, 0.29) is 0 Å². The van der Waals surface area contributed by atoms with Crippen molar-refractivity contribution in [1.82, 2.24) is 4.67 Å². The Morgan fingerprint density at radius 1 is 1.08 bits per heavy atom. The van der Waals surface area contributed by atoms with E-state index < -0.39 is 7.52 Å². The first-order valence-electron chi connectivity index (χ1n) is 5.15. The Bertz CT molecular complexity index is 167. The summed E-state index contributed by atoms with van der Waals surface area (Å²) in [6, 6.07) is 0. The third-order valence-electron chi connectivity index (χ3n) is 1.92. The van der Waals surface area contributed by atoms with Crippen LogP contribution in [0.5, 0.6) is 0 Å². The first-order chi connectivity index (χ1) is 6.08. The van der Waals surface area contributed by atoms with Crippen LogP contribution in [-0.2, 0) is 4.57 Å². The highest BCUT2D eigenvalue weighted by Crippen LogP contribution is 2.45. The van der Waals surface area contributed by atoms with Crippen LogP contribution in [0.3, 0.4) is 0 Å². The first-order valence-corrected chi connectivity index (χ1v) is 6.95. The van der Waals surface area contributed by atoms with Gasteiger partial charge in [0.1, 0.15) is 0 Å². The Labute approximate surface area is 81.6 Å². The predicted octanol–water partition coefficient (Wildman–Crippen LogP) is 2.70. The van der Waals surface area contributed by atoms with Crippen LogP contribution in [0, 0.1) is 0 Å². The largest absolute Gasteiger partial charge is 0.333 e. The van der Waals surface area contributed by atoms with Gasteiger partial charge in [0.25, 0.3) is 7.52 Å². The number of rotatable bonds is 7. The van der Waals surface area contributed by atoms with Crippen LogP contribution in [0.25, 0.3) is 0 Å². The molecule has 0 amide bonds. The Balaban J connectivity index is 4.23. The lowest BCUT2D eigenvalue weighted by atomic mass is 10.4. The first kappa shape index (κ1) is 13.2. The summed E-state index contributed by atoms with van der Waals surface area (Å²) in [5.41, 5.74) is 0. The summed E-state index contributed by atoms with van der Waals surface area (Å²) in [5, 5.41) is 0. The third kappa shape index (κ3) is 4.80. The Morgan fingerprint density at radius 2 is 1.54 bits per heavy atom. The Morgan fingerprint density at radius 3 is 1.85 bits per heavy atom. The molecule has 0 spiro atoms. The highest BCUT2D eigenvalue weighted by atomic mass is 31.2. The van der Waals surface area contributed by atoms with Gasteiger partial charge >= 0.3 is 0 Å². The molecule has 3 nitrogen and oxygen atoms in total. The molecule has 4 heteroatoms. The lowest BCUT2D eigenvalue weighted by Crippen LogP contribution is -2.23. The molecule has 0 rings (SSSR count). The summed E-state index contributed by atoms with van der Waals surface area (Å²) in [6.07, 6.45) is 3.08. The van der Waals surface area contributed by atoms with Gasteiger partial charge in [0.2, 0.25) is 0 Å². The van der Waals surface area contributed by atoms with E-state index in [1.54, 1.807) is 4.67 Å². The van der Waals surface area contributed by atoms with Gasteiger partial charge in [-0.2, -0.15) is 0 Å². The highest BCUT2D eigenvalue weighted by Gasteiger charge is 2.24. The van der Waals surface area contributed by atoms with Gasteiger partial charge in [0.05, 0.1) is 0 Å². The molecule has 0 aliphatic rings. The smallest absolute Gasteiger partial charge is 0.269 e. The quantitative estimate of drug-likeness (QED) is 0.652. The topological polar surface area (TPSA) is 40.5 Å². The monoisotopic (exact) mass is 207 g/mol. The van der Waals surface area contributed by atoms with Crippen molar-refractivity contribution in [2.45, 2.75) is 40.0 Å². The van der Waals surface area contributed by atoms with Gasteiger partial charge < -0.3 is 4.89 Å². The molecule has 0 bridgehead atoms. The van der Waals surface area contributed by atoms with Gasteiger partial charge in [0, 0.05) is 19.3 Å². The summed E-state index contributed by atoms with van der Waals surface area (Å²) in [4.78, 5) is 9.72. The van der Waals surface area contributed by atoms with Gasteiger partial charge in [-0.1, -0.05) is 20.8 Å². The van der Waals surface area contributed by atoms with Crippen molar-refractivity contribution in [2.24, 2.45) is 0 Å². The molecule has 0 radical (unpaired) electrons. The Hall–Kier alpha value is 0.150. The van der Waals surface area contributed by atoms with E-state index in [9.17, 15) is 9.46 Å². The SMILES string of the molecule is CCCN(CCC)P(=O)(O)CCC. The van der Waals surface area contributed by atoms with E-state index in [0.29, 0.717) is 6.16 Å². The fourth-order valence-corrected chi connectivity index (χ4v) is 3.26. The second kappa shape index (κ2) is 6.58. The maximum atomic E-state index is 11.8. The van der Waals surface area contributed by atoms with Crippen LogP contribution < -0.4 is 0 Å². The summed E-state index contributed by atoms with van der Waals surface area (Å²) in [7, 11) is -3.00. The predicted molar refractivity (Wildman–Crippen MR) is 57.1 cm³/mol. The minimum atomic E-state index is -3.00. The molecule has 0 heterocycles. The van der Waals surface area contributed by atoms with Crippen molar-refractivity contribution < 1.29 is 9.46 Å². The fourth-order valence-electron chi connectivity index (χ4n) is 1.37. The average molecular weight is 207 g/mol. The highest BCUT2D eigenvalue weighted by molar-refractivity contribution is 7.55. The third-order valence-corrected chi connectivity index (χ3v) is 4.23. The second-order valence-corrected chi connectivity index (χ2v) is 5.68. The zero-order chi connectivity index (χ0) is 10.3. The maximum absolute atomic E-state index is 11.8. The minimum Gasteiger partial charge on any atom is -0.333 e. The summed E-state index contributed by atoms with van der Waals surface area (Å²) >= 11 is 0. The van der Waals surface area contributed by atoms with Gasteiger partial charge in [-0.3, -0.25) is 4.57 Å². The van der Waals surface area contributed by atoms with Crippen LogP contribution in [0.1, 0.15) is 40.0 Å². The molecule has 0 aliphatic heterocycles. The molecule has 0 aromatic carbocycles. The fraction of sp³-hybridized carbons (Fsp3) is 1.00. The lowest BCUT2D eigenvalue weighted by molar-refractivity contribution is 0.343. The van der Waals surface area contributed by atoms with E-state index in [4.69, 9.17) is 0 Å². The lowest BCUT2D eigenvalue weighted by Gasteiger charge is -2.26. The molecule has 0 saturated heterocycles. The van der Waals surface area contributed by atoms with E-state index >= 15 is 0 Å². The normalized spacial score (nSPS) is 16.1. The van der Waals surface area contributed by atoms with Crippen LogP contribution in [0.4, 0.5) is 0 Å². The van der Waals surface area contributed by atoms with Crippen molar-refractivity contribution in [2.75, 3.05) is 19.3 Å². The molecular formula is C9H22NO2P. The van der Waals surface area contributed by atoms with Crippen LogP contribution in [0.15, 0.2) is 0 Å². The summed E-state index contributed by atoms with van der Waals surface area (Å²) in [6.45, 7) is 7.49. The van der Waals surface area contributed by atoms with Crippen LogP contribution in [0.2, 0.25) is 0 Å². The minimum absolute atomic E-state index is 0.424.